The molecule has 4 nitrogen and oxygen atoms in total. The van der Waals surface area contributed by atoms with E-state index in [1.54, 1.807) is 11.3 Å². The molecule has 1 fully saturated rings. The molecule has 2 atom stereocenters. The van der Waals surface area contributed by atoms with Crippen molar-refractivity contribution in [2.75, 3.05) is 13.1 Å². The van der Waals surface area contributed by atoms with E-state index in [9.17, 15) is 9.90 Å². The second-order valence-corrected chi connectivity index (χ2v) is 6.24. The minimum Gasteiger partial charge on any atom is -0.480 e. The average Bonchev–Trinajstić information content (AvgIpc) is 2.81. The van der Waals surface area contributed by atoms with Gasteiger partial charge in [0.25, 0.3) is 0 Å². The van der Waals surface area contributed by atoms with E-state index >= 15 is 0 Å². The Kier molecular flexibility index (Phi) is 4.93. The van der Waals surface area contributed by atoms with Gasteiger partial charge in [-0.1, -0.05) is 13.3 Å². The Morgan fingerprint density at radius 1 is 1.63 bits per heavy atom. The molecule has 5 heteroatoms. The molecule has 106 valence electrons. The van der Waals surface area contributed by atoms with Gasteiger partial charge in [-0.3, -0.25) is 9.69 Å². The Hall–Kier alpha value is -0.940. The number of piperidine rings is 1. The number of thiazole rings is 1. The van der Waals surface area contributed by atoms with Crippen LogP contribution in [0.1, 0.15) is 36.8 Å². The summed E-state index contributed by atoms with van der Waals surface area (Å²) in [6.07, 6.45) is 3.93. The number of carboxylic acids is 1. The van der Waals surface area contributed by atoms with Crippen LogP contribution in [0.4, 0.5) is 0 Å². The quantitative estimate of drug-likeness (QED) is 0.902. The molecule has 0 aliphatic carbocycles. The molecule has 1 aromatic heterocycles. The first-order chi connectivity index (χ1) is 9.11. The molecule has 1 N–H and O–H groups in total. The highest BCUT2D eigenvalue weighted by molar-refractivity contribution is 7.09. The van der Waals surface area contributed by atoms with Crippen molar-refractivity contribution in [3.63, 3.8) is 0 Å². The number of aryl methyl sites for hydroxylation is 1. The third kappa shape index (κ3) is 3.54. The molecule has 2 rings (SSSR count). The number of aromatic nitrogens is 1. The van der Waals surface area contributed by atoms with Gasteiger partial charge in [0.05, 0.1) is 11.2 Å². The lowest BCUT2D eigenvalue weighted by Gasteiger charge is -2.36. The second kappa shape index (κ2) is 6.48. The second-order valence-electron chi connectivity index (χ2n) is 5.30. The zero-order chi connectivity index (χ0) is 13.8. The van der Waals surface area contributed by atoms with Crippen molar-refractivity contribution < 1.29 is 9.90 Å². The molecule has 1 saturated heterocycles. The van der Waals surface area contributed by atoms with Crippen LogP contribution in [0.5, 0.6) is 0 Å². The topological polar surface area (TPSA) is 53.4 Å². The highest BCUT2D eigenvalue weighted by atomic mass is 32.1. The predicted octanol–water partition coefficient (Wildman–Crippen LogP) is 2.57. The summed E-state index contributed by atoms with van der Waals surface area (Å²) < 4.78 is 0. The Morgan fingerprint density at radius 2 is 2.42 bits per heavy atom. The lowest BCUT2D eigenvalue weighted by molar-refractivity contribution is -0.145. The minimum absolute atomic E-state index is 0.299. The molecule has 1 aromatic rings. The molecule has 19 heavy (non-hydrogen) atoms. The number of carbonyl (C=O) groups is 1. The van der Waals surface area contributed by atoms with Crippen LogP contribution in [0, 0.1) is 12.8 Å². The summed E-state index contributed by atoms with van der Waals surface area (Å²) in [6, 6.07) is -0.299. The largest absolute Gasteiger partial charge is 0.480 e. The molecule has 0 bridgehead atoms. The maximum atomic E-state index is 11.4. The zero-order valence-corrected chi connectivity index (χ0v) is 12.4. The van der Waals surface area contributed by atoms with Gasteiger partial charge in [0, 0.05) is 11.4 Å². The number of nitrogens with zero attached hydrogens (tertiary/aromatic N) is 2. The molecule has 0 saturated carbocycles. The van der Waals surface area contributed by atoms with E-state index in [1.165, 1.54) is 4.88 Å². The fourth-order valence-electron chi connectivity index (χ4n) is 2.79. The third-order valence-electron chi connectivity index (χ3n) is 4.16. The standard InChI is InChI=1S/C14H22N2O2S/c1-3-11-4-6-16(12(8-11)14(17)18)7-5-13-10(2)15-9-19-13/h9,11-12H,3-8H2,1-2H3,(H,17,18). The predicted molar refractivity (Wildman–Crippen MR) is 76.6 cm³/mol. The number of hydrogen-bond acceptors (Lipinski definition) is 4. The van der Waals surface area contributed by atoms with Crippen molar-refractivity contribution in [3.8, 4) is 0 Å². The number of rotatable bonds is 5. The van der Waals surface area contributed by atoms with Crippen molar-refractivity contribution in [2.24, 2.45) is 5.92 Å². The molecule has 0 aromatic carbocycles. The SMILES string of the molecule is CCC1CCN(CCc2scnc2C)C(C(=O)O)C1. The van der Waals surface area contributed by atoms with Crippen LogP contribution in [0.15, 0.2) is 5.51 Å². The third-order valence-corrected chi connectivity index (χ3v) is 5.15. The number of likely N-dealkylation sites (tertiary alicyclic amines) is 1. The van der Waals surface area contributed by atoms with Gasteiger partial charge in [-0.15, -0.1) is 11.3 Å². The molecule has 0 radical (unpaired) electrons. The van der Waals surface area contributed by atoms with E-state index in [1.807, 2.05) is 12.4 Å². The van der Waals surface area contributed by atoms with Crippen LogP contribution >= 0.6 is 11.3 Å². The van der Waals surface area contributed by atoms with Crippen LogP contribution in [-0.4, -0.2) is 40.1 Å². The van der Waals surface area contributed by atoms with Gasteiger partial charge >= 0.3 is 5.97 Å². The highest BCUT2D eigenvalue weighted by Gasteiger charge is 2.32. The van der Waals surface area contributed by atoms with E-state index in [0.29, 0.717) is 5.92 Å². The first kappa shape index (κ1) is 14.5. The number of hydrogen-bond donors (Lipinski definition) is 1. The summed E-state index contributed by atoms with van der Waals surface area (Å²) in [5, 5.41) is 9.38. The maximum absolute atomic E-state index is 11.4. The summed E-state index contributed by atoms with van der Waals surface area (Å²) in [7, 11) is 0. The molecule has 0 spiro atoms. The van der Waals surface area contributed by atoms with E-state index in [2.05, 4.69) is 16.8 Å². The molecule has 1 aliphatic heterocycles. The maximum Gasteiger partial charge on any atom is 0.320 e. The molecule has 2 heterocycles. The van der Waals surface area contributed by atoms with Gasteiger partial charge in [-0.05, 0) is 38.6 Å². The molecular weight excluding hydrogens is 260 g/mol. The van der Waals surface area contributed by atoms with E-state index in [-0.39, 0.29) is 6.04 Å². The smallest absolute Gasteiger partial charge is 0.320 e. The Labute approximate surface area is 118 Å². The van der Waals surface area contributed by atoms with Crippen molar-refractivity contribution >= 4 is 17.3 Å². The monoisotopic (exact) mass is 282 g/mol. The van der Waals surface area contributed by atoms with Crippen molar-refractivity contribution in [1.29, 1.82) is 0 Å². The van der Waals surface area contributed by atoms with Crippen LogP contribution in [0.3, 0.4) is 0 Å². The lowest BCUT2D eigenvalue weighted by atomic mass is 9.89. The number of carboxylic acid groups (broad SMARTS) is 1. The van der Waals surface area contributed by atoms with Crippen LogP contribution in [0.25, 0.3) is 0 Å². The van der Waals surface area contributed by atoms with Crippen LogP contribution in [0.2, 0.25) is 0 Å². The summed E-state index contributed by atoms with van der Waals surface area (Å²) in [4.78, 5) is 19.1. The molecule has 0 amide bonds. The average molecular weight is 282 g/mol. The van der Waals surface area contributed by atoms with Gasteiger partial charge in [0.15, 0.2) is 0 Å². The lowest BCUT2D eigenvalue weighted by Crippen LogP contribution is -2.47. The number of aliphatic carboxylic acids is 1. The van der Waals surface area contributed by atoms with Gasteiger partial charge in [-0.25, -0.2) is 4.98 Å². The summed E-state index contributed by atoms with van der Waals surface area (Å²) >= 11 is 1.67. The Morgan fingerprint density at radius 3 is 3.00 bits per heavy atom. The van der Waals surface area contributed by atoms with E-state index in [4.69, 9.17) is 0 Å². The first-order valence-corrected chi connectivity index (χ1v) is 7.85. The molecular formula is C14H22N2O2S. The highest BCUT2D eigenvalue weighted by Crippen LogP contribution is 2.26. The Bertz CT molecular complexity index is 433. The molecule has 1 aliphatic rings. The van der Waals surface area contributed by atoms with E-state index in [0.717, 1.165) is 44.5 Å². The minimum atomic E-state index is -0.667. The summed E-state index contributed by atoms with van der Waals surface area (Å²) in [5.41, 5.74) is 2.95. The molecule has 2 unspecified atom stereocenters. The summed E-state index contributed by atoms with van der Waals surface area (Å²) in [5.74, 6) is -0.0957. The van der Waals surface area contributed by atoms with E-state index < -0.39 is 5.97 Å². The van der Waals surface area contributed by atoms with Crippen molar-refractivity contribution in [1.82, 2.24) is 9.88 Å². The van der Waals surface area contributed by atoms with Gasteiger partial charge in [0.1, 0.15) is 6.04 Å². The normalized spacial score (nSPS) is 24.5. The Balaban J connectivity index is 1.94. The van der Waals surface area contributed by atoms with Crippen molar-refractivity contribution in [3.05, 3.63) is 16.1 Å². The van der Waals surface area contributed by atoms with Gasteiger partial charge in [0.2, 0.25) is 0 Å². The first-order valence-electron chi connectivity index (χ1n) is 6.97. The fraction of sp³-hybridized carbons (Fsp3) is 0.714. The summed E-state index contributed by atoms with van der Waals surface area (Å²) in [6.45, 7) is 5.91. The van der Waals surface area contributed by atoms with Gasteiger partial charge in [-0.2, -0.15) is 0 Å². The van der Waals surface area contributed by atoms with Crippen molar-refractivity contribution in [2.45, 2.75) is 45.6 Å². The zero-order valence-electron chi connectivity index (χ0n) is 11.6. The van der Waals surface area contributed by atoms with Gasteiger partial charge < -0.3 is 5.11 Å². The fourth-order valence-corrected chi connectivity index (χ4v) is 3.56. The van der Waals surface area contributed by atoms with Crippen LogP contribution < -0.4 is 0 Å². The van der Waals surface area contributed by atoms with Crippen LogP contribution in [-0.2, 0) is 11.2 Å².